The van der Waals surface area contributed by atoms with Crippen LogP contribution in [0.1, 0.15) is 43.7 Å². The number of pyridine rings is 1. The Morgan fingerprint density at radius 1 is 1.18 bits per heavy atom. The summed E-state index contributed by atoms with van der Waals surface area (Å²) in [5.41, 5.74) is 7.47. The molecule has 17 heavy (non-hydrogen) atoms. The van der Waals surface area contributed by atoms with Gasteiger partial charge in [-0.2, -0.15) is 0 Å². The monoisotopic (exact) mass is 231 g/mol. The van der Waals surface area contributed by atoms with E-state index in [0.29, 0.717) is 18.1 Å². The van der Waals surface area contributed by atoms with Gasteiger partial charge in [0.05, 0.1) is 0 Å². The van der Waals surface area contributed by atoms with Crippen LogP contribution >= 0.6 is 0 Å². The van der Waals surface area contributed by atoms with Gasteiger partial charge in [-0.3, -0.25) is 9.88 Å². The smallest absolute Gasteiger partial charge is 0.0352 e. The fourth-order valence-electron chi connectivity index (χ4n) is 3.46. The van der Waals surface area contributed by atoms with Crippen LogP contribution in [0.15, 0.2) is 24.5 Å². The second kappa shape index (κ2) is 4.75. The number of nitrogens with zero attached hydrogens (tertiary/aromatic N) is 2. The average molecular weight is 231 g/mol. The maximum absolute atomic E-state index is 6.04. The first-order valence-corrected chi connectivity index (χ1v) is 6.76. The van der Waals surface area contributed by atoms with E-state index in [1.807, 2.05) is 12.4 Å². The Hall–Kier alpha value is -0.930. The Labute approximate surface area is 103 Å². The molecule has 1 saturated heterocycles. The molecule has 0 radical (unpaired) electrons. The van der Waals surface area contributed by atoms with Gasteiger partial charge in [0.15, 0.2) is 0 Å². The highest BCUT2D eigenvalue weighted by molar-refractivity contribution is 5.17. The average Bonchev–Trinajstić information content (AvgIpc) is 2.98. The van der Waals surface area contributed by atoms with Crippen LogP contribution in [-0.2, 0) is 0 Å². The van der Waals surface area contributed by atoms with Crippen molar-refractivity contribution in [1.29, 1.82) is 0 Å². The Morgan fingerprint density at radius 3 is 2.71 bits per heavy atom. The summed E-state index contributed by atoms with van der Waals surface area (Å²) >= 11 is 0. The van der Waals surface area contributed by atoms with Gasteiger partial charge in [-0.05, 0) is 56.3 Å². The summed E-state index contributed by atoms with van der Waals surface area (Å²) in [6.45, 7) is 1.24. The fourth-order valence-corrected chi connectivity index (χ4v) is 3.46. The van der Waals surface area contributed by atoms with Gasteiger partial charge in [-0.25, -0.2) is 0 Å². The maximum Gasteiger partial charge on any atom is 0.0352 e. The summed E-state index contributed by atoms with van der Waals surface area (Å²) in [5.74, 6) is 0. The van der Waals surface area contributed by atoms with Crippen molar-refractivity contribution in [1.82, 2.24) is 9.88 Å². The second-order valence-corrected chi connectivity index (χ2v) is 5.40. The molecule has 3 unspecified atom stereocenters. The predicted molar refractivity (Wildman–Crippen MR) is 68.5 cm³/mol. The van der Waals surface area contributed by atoms with Gasteiger partial charge in [-0.1, -0.05) is 0 Å². The Bertz CT molecular complexity index is 365. The molecule has 1 aliphatic carbocycles. The highest BCUT2D eigenvalue weighted by atomic mass is 15.2. The molecule has 2 fully saturated rings. The molecule has 3 atom stereocenters. The molecule has 92 valence electrons. The Kier molecular flexibility index (Phi) is 3.12. The quantitative estimate of drug-likeness (QED) is 0.847. The standard InChI is InChI=1S/C14H21N3/c15-12-3-4-13(10-12)17-9-1-2-14(17)11-5-7-16-8-6-11/h5-8,12-14H,1-4,9-10,15H2. The third-order valence-electron chi connectivity index (χ3n) is 4.30. The van der Waals surface area contributed by atoms with Gasteiger partial charge in [-0.15, -0.1) is 0 Å². The number of hydrogen-bond acceptors (Lipinski definition) is 3. The van der Waals surface area contributed by atoms with E-state index >= 15 is 0 Å². The summed E-state index contributed by atoms with van der Waals surface area (Å²) in [6.07, 6.45) is 10.1. The van der Waals surface area contributed by atoms with E-state index in [0.717, 1.165) is 0 Å². The summed E-state index contributed by atoms with van der Waals surface area (Å²) in [6, 6.07) is 6.08. The van der Waals surface area contributed by atoms with Crippen molar-refractivity contribution in [3.63, 3.8) is 0 Å². The topological polar surface area (TPSA) is 42.1 Å². The van der Waals surface area contributed by atoms with Gasteiger partial charge in [0.1, 0.15) is 0 Å². The van der Waals surface area contributed by atoms with Crippen LogP contribution in [0.25, 0.3) is 0 Å². The lowest BCUT2D eigenvalue weighted by molar-refractivity contribution is 0.181. The van der Waals surface area contributed by atoms with Crippen molar-refractivity contribution in [3.05, 3.63) is 30.1 Å². The molecule has 3 nitrogen and oxygen atoms in total. The second-order valence-electron chi connectivity index (χ2n) is 5.40. The van der Waals surface area contributed by atoms with E-state index in [-0.39, 0.29) is 0 Å². The van der Waals surface area contributed by atoms with Crippen molar-refractivity contribution >= 4 is 0 Å². The zero-order valence-corrected chi connectivity index (χ0v) is 10.3. The highest BCUT2D eigenvalue weighted by Crippen LogP contribution is 2.37. The number of aromatic nitrogens is 1. The molecule has 1 saturated carbocycles. The SMILES string of the molecule is NC1CCC(N2CCCC2c2ccncc2)C1. The van der Waals surface area contributed by atoms with E-state index in [1.54, 1.807) is 0 Å². The maximum atomic E-state index is 6.04. The minimum atomic E-state index is 0.429. The number of likely N-dealkylation sites (tertiary alicyclic amines) is 1. The zero-order valence-electron chi connectivity index (χ0n) is 10.3. The molecule has 3 rings (SSSR count). The summed E-state index contributed by atoms with van der Waals surface area (Å²) < 4.78 is 0. The third kappa shape index (κ3) is 2.22. The predicted octanol–water partition coefficient (Wildman–Crippen LogP) is 2.10. The molecule has 0 amide bonds. The van der Waals surface area contributed by atoms with Crippen LogP contribution in [0.5, 0.6) is 0 Å². The molecular weight excluding hydrogens is 210 g/mol. The highest BCUT2D eigenvalue weighted by Gasteiger charge is 2.35. The fraction of sp³-hybridized carbons (Fsp3) is 0.643. The van der Waals surface area contributed by atoms with E-state index in [1.165, 1.54) is 44.2 Å². The van der Waals surface area contributed by atoms with Crippen molar-refractivity contribution in [2.45, 2.75) is 50.2 Å². The molecule has 2 aliphatic rings. The molecule has 0 bridgehead atoms. The first-order valence-electron chi connectivity index (χ1n) is 6.76. The molecule has 0 spiro atoms. The minimum absolute atomic E-state index is 0.429. The van der Waals surface area contributed by atoms with Gasteiger partial charge in [0, 0.05) is 30.5 Å². The van der Waals surface area contributed by atoms with E-state index in [4.69, 9.17) is 5.73 Å². The van der Waals surface area contributed by atoms with Crippen molar-refractivity contribution in [3.8, 4) is 0 Å². The third-order valence-corrected chi connectivity index (χ3v) is 4.30. The number of nitrogens with two attached hydrogens (primary N) is 1. The lowest BCUT2D eigenvalue weighted by Gasteiger charge is -2.30. The van der Waals surface area contributed by atoms with Crippen molar-refractivity contribution in [2.75, 3.05) is 6.54 Å². The van der Waals surface area contributed by atoms with Crippen LogP contribution in [0.3, 0.4) is 0 Å². The first-order chi connectivity index (χ1) is 8.34. The van der Waals surface area contributed by atoms with E-state index in [2.05, 4.69) is 22.0 Å². The largest absolute Gasteiger partial charge is 0.328 e. The lowest BCUT2D eigenvalue weighted by atomic mass is 10.0. The normalized spacial score (nSPS) is 34.3. The number of hydrogen-bond donors (Lipinski definition) is 1. The van der Waals surface area contributed by atoms with Gasteiger partial charge in [0.2, 0.25) is 0 Å². The van der Waals surface area contributed by atoms with Gasteiger partial charge in [0.25, 0.3) is 0 Å². The molecule has 1 aromatic heterocycles. The Morgan fingerprint density at radius 2 is 2.00 bits per heavy atom. The molecule has 1 aromatic rings. The van der Waals surface area contributed by atoms with Crippen molar-refractivity contribution in [2.24, 2.45) is 5.73 Å². The number of rotatable bonds is 2. The van der Waals surface area contributed by atoms with Crippen LogP contribution < -0.4 is 5.73 Å². The molecule has 3 heteroatoms. The minimum Gasteiger partial charge on any atom is -0.328 e. The van der Waals surface area contributed by atoms with E-state index < -0.39 is 0 Å². The van der Waals surface area contributed by atoms with Crippen LogP contribution in [0.2, 0.25) is 0 Å². The molecule has 2 heterocycles. The van der Waals surface area contributed by atoms with Crippen molar-refractivity contribution < 1.29 is 0 Å². The first kappa shape index (κ1) is 11.2. The molecule has 2 N–H and O–H groups in total. The lowest BCUT2D eigenvalue weighted by Crippen LogP contribution is -2.34. The summed E-state index contributed by atoms with van der Waals surface area (Å²) in [7, 11) is 0. The summed E-state index contributed by atoms with van der Waals surface area (Å²) in [5, 5.41) is 0. The van der Waals surface area contributed by atoms with E-state index in [9.17, 15) is 0 Å². The van der Waals surface area contributed by atoms with Crippen LogP contribution in [0.4, 0.5) is 0 Å². The molecule has 1 aliphatic heterocycles. The van der Waals surface area contributed by atoms with Crippen LogP contribution in [0, 0.1) is 0 Å². The molecule has 0 aromatic carbocycles. The summed E-state index contributed by atoms with van der Waals surface area (Å²) in [4.78, 5) is 6.80. The van der Waals surface area contributed by atoms with Gasteiger partial charge >= 0.3 is 0 Å². The van der Waals surface area contributed by atoms with Crippen LogP contribution in [-0.4, -0.2) is 28.5 Å². The Balaban J connectivity index is 1.76. The molecular formula is C14H21N3. The van der Waals surface area contributed by atoms with Gasteiger partial charge < -0.3 is 5.73 Å². The zero-order chi connectivity index (χ0) is 11.7.